The van der Waals surface area contributed by atoms with Gasteiger partial charge >= 0.3 is 0 Å². The summed E-state index contributed by atoms with van der Waals surface area (Å²) in [7, 11) is 0. The van der Waals surface area contributed by atoms with Crippen LogP contribution < -0.4 is 10.5 Å². The van der Waals surface area contributed by atoms with Crippen LogP contribution in [0.15, 0.2) is 18.2 Å². The Morgan fingerprint density at radius 3 is 2.65 bits per heavy atom. The van der Waals surface area contributed by atoms with Crippen LogP contribution in [0.2, 0.25) is 5.02 Å². The van der Waals surface area contributed by atoms with E-state index in [2.05, 4.69) is 10.2 Å². The summed E-state index contributed by atoms with van der Waals surface area (Å²) in [6.07, 6.45) is 0. The molecule has 0 saturated carbocycles. The van der Waals surface area contributed by atoms with Gasteiger partial charge in [-0.05, 0) is 31.5 Å². The number of nitrogens with two attached hydrogens (primary N) is 1. The highest BCUT2D eigenvalue weighted by Crippen LogP contribution is 2.28. The van der Waals surface area contributed by atoms with Gasteiger partial charge in [0, 0.05) is 6.07 Å². The molecule has 2 aromatic rings. The van der Waals surface area contributed by atoms with Gasteiger partial charge in [0.1, 0.15) is 16.6 Å². The van der Waals surface area contributed by atoms with Crippen molar-refractivity contribution in [2.75, 3.05) is 0 Å². The number of halogens is 2. The molecule has 0 bridgehead atoms. The van der Waals surface area contributed by atoms with Crippen LogP contribution in [-0.2, 0) is 0 Å². The van der Waals surface area contributed by atoms with E-state index >= 15 is 0 Å². The lowest BCUT2D eigenvalue weighted by Crippen LogP contribution is -2.15. The minimum atomic E-state index is -0.585. The first-order valence-electron chi connectivity index (χ1n) is 5.66. The third-order valence-electron chi connectivity index (χ3n) is 2.77. The van der Waals surface area contributed by atoms with Gasteiger partial charge in [-0.1, -0.05) is 23.8 Å². The zero-order valence-electron chi connectivity index (χ0n) is 10.8. The van der Waals surface area contributed by atoms with Crippen LogP contribution in [0.4, 0.5) is 4.39 Å². The maximum atomic E-state index is 13.4. The van der Waals surface area contributed by atoms with Crippen LogP contribution >= 0.6 is 23.8 Å². The molecular formula is C13H11ClFN3OS. The standard InChI is InChI=1S/C13H11ClFN3OS/c1-6-7(2)17-18-13(11(6)12(16)20)19-8-3-4-9(14)10(15)5-8/h3-5H,1-2H3,(H2,16,20). The Kier molecular flexibility index (Phi) is 4.15. The van der Waals surface area contributed by atoms with Crippen LogP contribution in [0.25, 0.3) is 0 Å². The summed E-state index contributed by atoms with van der Waals surface area (Å²) in [5, 5.41) is 7.87. The van der Waals surface area contributed by atoms with Gasteiger partial charge in [-0.2, -0.15) is 5.10 Å². The molecule has 0 aliphatic rings. The molecule has 0 saturated heterocycles. The highest BCUT2D eigenvalue weighted by Gasteiger charge is 2.16. The van der Waals surface area contributed by atoms with Gasteiger partial charge in [0.05, 0.1) is 16.3 Å². The van der Waals surface area contributed by atoms with Gasteiger partial charge in [0.2, 0.25) is 5.88 Å². The first-order valence-corrected chi connectivity index (χ1v) is 6.45. The number of rotatable bonds is 3. The molecule has 0 radical (unpaired) electrons. The van der Waals surface area contributed by atoms with Crippen LogP contribution in [-0.4, -0.2) is 15.2 Å². The van der Waals surface area contributed by atoms with Crippen molar-refractivity contribution >= 4 is 28.8 Å². The number of hydrogen-bond acceptors (Lipinski definition) is 4. The van der Waals surface area contributed by atoms with Crippen LogP contribution in [0.5, 0.6) is 11.6 Å². The number of nitrogens with zero attached hydrogens (tertiary/aromatic N) is 2. The van der Waals surface area contributed by atoms with E-state index in [1.807, 2.05) is 6.92 Å². The minimum Gasteiger partial charge on any atom is -0.437 e. The van der Waals surface area contributed by atoms with Gasteiger partial charge in [0.15, 0.2) is 0 Å². The van der Waals surface area contributed by atoms with E-state index in [0.717, 1.165) is 11.6 Å². The zero-order chi connectivity index (χ0) is 14.9. The third-order valence-corrected chi connectivity index (χ3v) is 3.29. The van der Waals surface area contributed by atoms with Crippen molar-refractivity contribution in [3.63, 3.8) is 0 Å². The molecule has 0 spiro atoms. The summed E-state index contributed by atoms with van der Waals surface area (Å²) in [4.78, 5) is 0.143. The molecule has 1 aromatic heterocycles. The molecule has 2 N–H and O–H groups in total. The monoisotopic (exact) mass is 311 g/mol. The maximum Gasteiger partial charge on any atom is 0.249 e. The highest BCUT2D eigenvalue weighted by molar-refractivity contribution is 7.80. The molecule has 4 nitrogen and oxygen atoms in total. The normalized spacial score (nSPS) is 10.4. The van der Waals surface area contributed by atoms with Crippen molar-refractivity contribution in [3.8, 4) is 11.6 Å². The van der Waals surface area contributed by atoms with Crippen molar-refractivity contribution in [1.29, 1.82) is 0 Å². The Bertz CT molecular complexity index is 694. The van der Waals surface area contributed by atoms with Crippen LogP contribution in [0.1, 0.15) is 16.8 Å². The number of benzene rings is 1. The Morgan fingerprint density at radius 2 is 2.05 bits per heavy atom. The molecule has 0 fully saturated rings. The fourth-order valence-electron chi connectivity index (χ4n) is 1.60. The summed E-state index contributed by atoms with van der Waals surface area (Å²) in [5.41, 5.74) is 7.64. The van der Waals surface area contributed by atoms with E-state index in [9.17, 15) is 4.39 Å². The van der Waals surface area contributed by atoms with Gasteiger partial charge < -0.3 is 10.5 Å². The fraction of sp³-hybridized carbons (Fsp3) is 0.154. The number of thiocarbonyl (C=S) groups is 1. The SMILES string of the molecule is Cc1nnc(Oc2ccc(Cl)c(F)c2)c(C(N)=S)c1C. The Balaban J connectivity index is 2.45. The van der Waals surface area contributed by atoms with Gasteiger partial charge in [0.25, 0.3) is 0 Å². The summed E-state index contributed by atoms with van der Waals surface area (Å²) in [6.45, 7) is 3.60. The molecule has 1 aromatic carbocycles. The van der Waals surface area contributed by atoms with Gasteiger partial charge in [-0.3, -0.25) is 0 Å². The van der Waals surface area contributed by atoms with Crippen LogP contribution in [0.3, 0.4) is 0 Å². The smallest absolute Gasteiger partial charge is 0.249 e. The lowest BCUT2D eigenvalue weighted by atomic mass is 10.1. The second-order valence-electron chi connectivity index (χ2n) is 4.13. The summed E-state index contributed by atoms with van der Waals surface area (Å²) in [6, 6.07) is 4.06. The minimum absolute atomic E-state index is 0.0121. The summed E-state index contributed by atoms with van der Waals surface area (Å²) < 4.78 is 18.9. The second kappa shape index (κ2) is 5.68. The van der Waals surface area contributed by atoms with Crippen molar-refractivity contribution < 1.29 is 9.13 Å². The van der Waals surface area contributed by atoms with E-state index in [4.69, 9.17) is 34.3 Å². The number of aromatic nitrogens is 2. The molecule has 20 heavy (non-hydrogen) atoms. The quantitative estimate of drug-likeness (QED) is 0.881. The topological polar surface area (TPSA) is 61.0 Å². The summed E-state index contributed by atoms with van der Waals surface area (Å²) in [5.74, 6) is -0.206. The number of aryl methyl sites for hydroxylation is 1. The molecule has 0 unspecified atom stereocenters. The predicted octanol–water partition coefficient (Wildman–Crippen LogP) is 3.31. The van der Waals surface area contributed by atoms with Crippen molar-refractivity contribution in [2.24, 2.45) is 5.73 Å². The summed E-state index contributed by atoms with van der Waals surface area (Å²) >= 11 is 10.6. The predicted molar refractivity (Wildman–Crippen MR) is 78.9 cm³/mol. The largest absolute Gasteiger partial charge is 0.437 e. The maximum absolute atomic E-state index is 13.4. The molecule has 7 heteroatoms. The van der Waals surface area contributed by atoms with E-state index in [1.54, 1.807) is 6.92 Å². The zero-order valence-corrected chi connectivity index (χ0v) is 12.3. The molecule has 2 rings (SSSR count). The third kappa shape index (κ3) is 2.86. The molecule has 0 aliphatic heterocycles. The van der Waals surface area contributed by atoms with Crippen molar-refractivity contribution in [2.45, 2.75) is 13.8 Å². The van der Waals surface area contributed by atoms with Crippen molar-refractivity contribution in [1.82, 2.24) is 10.2 Å². The fourth-order valence-corrected chi connectivity index (χ4v) is 1.96. The molecular weight excluding hydrogens is 301 g/mol. The lowest BCUT2D eigenvalue weighted by molar-refractivity contribution is 0.448. The Labute approximate surface area is 125 Å². The average molecular weight is 312 g/mol. The van der Waals surface area contributed by atoms with E-state index in [1.165, 1.54) is 12.1 Å². The van der Waals surface area contributed by atoms with E-state index in [-0.39, 0.29) is 21.6 Å². The van der Waals surface area contributed by atoms with Crippen LogP contribution in [0, 0.1) is 19.7 Å². The molecule has 0 amide bonds. The van der Waals surface area contributed by atoms with Gasteiger partial charge in [-0.15, -0.1) is 5.10 Å². The highest BCUT2D eigenvalue weighted by atomic mass is 35.5. The van der Waals surface area contributed by atoms with E-state index in [0.29, 0.717) is 11.3 Å². The van der Waals surface area contributed by atoms with E-state index < -0.39 is 5.82 Å². The first kappa shape index (κ1) is 14.6. The molecule has 104 valence electrons. The number of ether oxygens (including phenoxy) is 1. The molecule has 0 aliphatic carbocycles. The number of hydrogen-bond donors (Lipinski definition) is 1. The molecule has 0 atom stereocenters. The Hall–Kier alpha value is -1.79. The lowest BCUT2D eigenvalue weighted by Gasteiger charge is -2.12. The van der Waals surface area contributed by atoms with Gasteiger partial charge in [-0.25, -0.2) is 4.39 Å². The first-order chi connectivity index (χ1) is 9.40. The second-order valence-corrected chi connectivity index (χ2v) is 4.98. The average Bonchev–Trinajstić information content (AvgIpc) is 2.38. The molecule has 1 heterocycles. The Morgan fingerprint density at radius 1 is 1.35 bits per heavy atom. The van der Waals surface area contributed by atoms with Crippen molar-refractivity contribution in [3.05, 3.63) is 45.9 Å².